The first-order valence-electron chi connectivity index (χ1n) is 19.9. The molecule has 4 heterocycles. The Balaban J connectivity index is 1.25. The van der Waals surface area contributed by atoms with Crippen LogP contribution < -0.4 is 16.0 Å². The molecule has 26 heteroatoms. The number of aliphatic carboxylic acids is 1. The van der Waals surface area contributed by atoms with Crippen LogP contribution in [0, 0.1) is 0 Å². The lowest BCUT2D eigenvalue weighted by molar-refractivity contribution is -0.374. The van der Waals surface area contributed by atoms with Crippen molar-refractivity contribution in [2.75, 3.05) is 57.6 Å². The van der Waals surface area contributed by atoms with E-state index in [1.165, 1.54) is 0 Å². The van der Waals surface area contributed by atoms with Crippen molar-refractivity contribution in [2.45, 2.75) is 131 Å². The second-order valence-corrected chi connectivity index (χ2v) is 16.1. The van der Waals surface area contributed by atoms with Crippen molar-refractivity contribution in [3.63, 3.8) is 0 Å². The van der Waals surface area contributed by atoms with Gasteiger partial charge in [0.1, 0.15) is 79.9 Å². The van der Waals surface area contributed by atoms with Gasteiger partial charge >= 0.3 is 18.2 Å². The molecular weight excluding hydrogens is 858 g/mol. The number of carbonyl (C=O) groups excluding carboxylic acids is 3. The average Bonchev–Trinajstić information content (AvgIpc) is 3.60. The second-order valence-electron chi connectivity index (χ2n) is 14.9. The molecule has 12 N–H and O–H groups in total. The summed E-state index contributed by atoms with van der Waals surface area (Å²) < 4.78 is 49.4. The van der Waals surface area contributed by atoms with E-state index in [0.29, 0.717) is 18.5 Å². The Morgan fingerprint density at radius 1 is 0.677 bits per heavy atom. The molecule has 0 bridgehead atoms. The van der Waals surface area contributed by atoms with Crippen LogP contribution >= 0.6 is 11.8 Å². The first-order chi connectivity index (χ1) is 29.4. The number of alkyl carbamates (subject to hydrolysis) is 2. The molecule has 356 valence electrons. The van der Waals surface area contributed by atoms with E-state index in [4.69, 9.17) is 42.6 Å². The fourth-order valence-corrected chi connectivity index (χ4v) is 7.44. The van der Waals surface area contributed by atoms with Crippen LogP contribution in [0.3, 0.4) is 0 Å². The van der Waals surface area contributed by atoms with E-state index in [-0.39, 0.29) is 25.6 Å². The van der Waals surface area contributed by atoms with Crippen LogP contribution in [0.25, 0.3) is 0 Å². The highest BCUT2D eigenvalue weighted by molar-refractivity contribution is 7.99. The van der Waals surface area contributed by atoms with Gasteiger partial charge in [-0.1, -0.05) is 6.58 Å². The highest BCUT2D eigenvalue weighted by Crippen LogP contribution is 2.39. The number of aliphatic hydroxyl groups excluding tert-OH is 8. The van der Waals surface area contributed by atoms with Crippen molar-refractivity contribution in [2.24, 2.45) is 0 Å². The molecule has 6 unspecified atom stereocenters. The summed E-state index contributed by atoms with van der Waals surface area (Å²) in [6.07, 6.45) is -25.3. The van der Waals surface area contributed by atoms with E-state index in [9.17, 15) is 65.1 Å². The van der Waals surface area contributed by atoms with E-state index in [1.54, 1.807) is 18.7 Å². The van der Waals surface area contributed by atoms with Gasteiger partial charge in [-0.05, 0) is 31.9 Å². The normalized spacial score (nSPS) is 36.8. The summed E-state index contributed by atoms with van der Waals surface area (Å²) in [5, 5.41) is 101. The maximum atomic E-state index is 12.6. The Kier molecular flexibility index (Phi) is 20.2. The lowest BCUT2D eigenvalue weighted by Gasteiger charge is -2.47. The van der Waals surface area contributed by atoms with Gasteiger partial charge < -0.3 is 105 Å². The first-order valence-corrected chi connectivity index (χ1v) is 21.1. The molecule has 62 heavy (non-hydrogen) atoms. The second kappa shape index (κ2) is 24.3. The summed E-state index contributed by atoms with van der Waals surface area (Å²) in [5.41, 5.74) is 0.455. The molecule has 16 atom stereocenters. The molecule has 3 amide bonds. The predicted molar refractivity (Wildman–Crippen MR) is 206 cm³/mol. The molecule has 0 aliphatic carbocycles. The van der Waals surface area contributed by atoms with Crippen molar-refractivity contribution in [1.29, 1.82) is 0 Å². The number of carboxylic acids is 1. The third-order valence-electron chi connectivity index (χ3n) is 10.1. The monoisotopic (exact) mass is 917 g/mol. The third-order valence-corrected chi connectivity index (χ3v) is 11.2. The van der Waals surface area contributed by atoms with Gasteiger partial charge in [0.25, 0.3) is 5.79 Å². The molecule has 4 fully saturated rings. The number of unbranched alkanes of at least 4 members (excludes halogenated alkanes) is 2. The van der Waals surface area contributed by atoms with Gasteiger partial charge in [0, 0.05) is 37.9 Å². The number of fused-ring (bicyclic) bond motifs is 1. The number of hydrogen-bond acceptors (Lipinski definition) is 22. The molecule has 0 radical (unpaired) electrons. The summed E-state index contributed by atoms with van der Waals surface area (Å²) in [4.78, 5) is 48.0. The summed E-state index contributed by atoms with van der Waals surface area (Å²) in [6.45, 7) is 4.44. The summed E-state index contributed by atoms with van der Waals surface area (Å²) in [7, 11) is 0. The lowest BCUT2D eigenvalue weighted by Crippen LogP contribution is -2.66. The Bertz CT molecular complexity index is 1480. The molecule has 25 nitrogen and oxygen atoms in total. The number of nitrogens with one attached hydrogen (secondary N) is 3. The van der Waals surface area contributed by atoms with Gasteiger partial charge in [-0.3, -0.25) is 4.79 Å². The first kappa shape index (κ1) is 51.6. The van der Waals surface area contributed by atoms with Gasteiger partial charge in [0.2, 0.25) is 5.91 Å². The zero-order chi connectivity index (χ0) is 45.7. The molecule has 4 aliphatic rings. The van der Waals surface area contributed by atoms with E-state index in [0.717, 1.165) is 31.3 Å². The summed E-state index contributed by atoms with van der Waals surface area (Å²) >= 11 is 1.69. The van der Waals surface area contributed by atoms with Crippen molar-refractivity contribution < 1.29 is 108 Å². The molecule has 0 saturated carbocycles. The minimum absolute atomic E-state index is 0.0497. The Morgan fingerprint density at radius 3 is 1.89 bits per heavy atom. The Labute approximate surface area is 359 Å². The molecular formula is C36H59N3O22S. The number of rotatable bonds is 22. The van der Waals surface area contributed by atoms with Crippen LogP contribution in [0.2, 0.25) is 0 Å². The van der Waals surface area contributed by atoms with Crippen LogP contribution in [0.1, 0.15) is 33.1 Å². The molecule has 0 spiro atoms. The molecule has 0 aromatic carbocycles. The minimum Gasteiger partial charge on any atom is -0.477 e. The number of ether oxygens (including phenoxy) is 9. The van der Waals surface area contributed by atoms with E-state index < -0.39 is 136 Å². The third kappa shape index (κ3) is 13.7. The molecule has 0 aromatic heterocycles. The SMILES string of the molecule is C=C(C)C(=O)NCCSCCCCCOC(=O)NCCNC(=O)OCC1O[C@@H]2O[C@@](C)(C(=O)O)OC2[C@@H](O)[C@@H]1O[C@@H]1OC(CO)[C@H](O[C@H]2OC(CO)[C@H](O)[C@H](O)C2O)[C@H](O)C1O. The number of carboxylic acid groups (broad SMARTS) is 1. The average molecular weight is 918 g/mol. The molecule has 4 rings (SSSR count). The van der Waals surface area contributed by atoms with Crippen molar-refractivity contribution >= 4 is 35.8 Å². The number of hydrogen-bond donors (Lipinski definition) is 12. The number of thioether (sulfide) groups is 1. The molecule has 0 aromatic rings. The molecule has 4 aliphatic heterocycles. The van der Waals surface area contributed by atoms with E-state index >= 15 is 0 Å². The zero-order valence-corrected chi connectivity index (χ0v) is 34.9. The highest BCUT2D eigenvalue weighted by atomic mass is 32.2. The van der Waals surface area contributed by atoms with Gasteiger partial charge in [-0.2, -0.15) is 11.8 Å². The Morgan fingerprint density at radius 2 is 1.27 bits per heavy atom. The standard InChI is InChI=1S/C36H59N3O22S/c1-16(2)29(48)37-9-12-62-11-6-4-5-10-53-34(51)38-7-8-39-35(52)54-15-19-27(25(47)28-32(57-19)61-36(3,60-28)33(49)50)59-31-24(46)22(44)26(18(14-41)56-31)58-30-23(45)21(43)20(42)17(13-40)55-30/h17-28,30-32,40-47H,1,4-15H2,2-3H3,(H,37,48)(H,38,51)(H,39,52)(H,49,50)/t17?,18?,19?,20-,21-,22+,23?,24?,25-,26-,27+,28?,30+,31-,32+,36-/m0/s1. The number of amides is 3. The van der Waals surface area contributed by atoms with E-state index in [1.807, 2.05) is 0 Å². The fourth-order valence-electron chi connectivity index (χ4n) is 6.58. The van der Waals surface area contributed by atoms with Gasteiger partial charge in [0.15, 0.2) is 18.9 Å². The topological polar surface area (TPSA) is 370 Å². The van der Waals surface area contributed by atoms with Crippen LogP contribution in [0.5, 0.6) is 0 Å². The number of carbonyl (C=O) groups is 4. The molecule has 4 saturated heterocycles. The Hall–Kier alpha value is -3.03. The van der Waals surface area contributed by atoms with Crippen molar-refractivity contribution in [1.82, 2.24) is 16.0 Å². The van der Waals surface area contributed by atoms with Gasteiger partial charge in [-0.15, -0.1) is 0 Å². The predicted octanol–water partition coefficient (Wildman–Crippen LogP) is -4.65. The van der Waals surface area contributed by atoms with Crippen LogP contribution in [0.15, 0.2) is 12.2 Å². The van der Waals surface area contributed by atoms with Crippen molar-refractivity contribution in [3.8, 4) is 0 Å². The highest BCUT2D eigenvalue weighted by Gasteiger charge is 2.60. The van der Waals surface area contributed by atoms with E-state index in [2.05, 4.69) is 22.5 Å². The maximum absolute atomic E-state index is 12.6. The van der Waals surface area contributed by atoms with Gasteiger partial charge in [-0.25, -0.2) is 14.4 Å². The fraction of sp³-hybridized carbons (Fsp3) is 0.833. The zero-order valence-electron chi connectivity index (χ0n) is 34.1. The smallest absolute Gasteiger partial charge is 0.407 e. The quantitative estimate of drug-likeness (QED) is 0.0359. The minimum atomic E-state index is -2.29. The maximum Gasteiger partial charge on any atom is 0.407 e. The summed E-state index contributed by atoms with van der Waals surface area (Å²) in [5.74, 6) is -2.38. The van der Waals surface area contributed by atoms with Crippen LogP contribution in [-0.2, 0) is 52.2 Å². The lowest BCUT2D eigenvalue weighted by atomic mass is 9.96. The van der Waals surface area contributed by atoms with Crippen LogP contribution in [-0.4, -0.2) is 225 Å². The summed E-state index contributed by atoms with van der Waals surface area (Å²) in [6, 6.07) is 0. The van der Waals surface area contributed by atoms with Gasteiger partial charge in [0.05, 0.1) is 19.8 Å². The largest absolute Gasteiger partial charge is 0.477 e. The van der Waals surface area contributed by atoms with Crippen molar-refractivity contribution in [3.05, 3.63) is 12.2 Å². The van der Waals surface area contributed by atoms with Crippen LogP contribution in [0.4, 0.5) is 9.59 Å². The number of aliphatic hydroxyl groups is 8.